The minimum atomic E-state index is -4.39. The van der Waals surface area contributed by atoms with Crippen LogP contribution < -0.4 is 10.6 Å². The first-order valence-electron chi connectivity index (χ1n) is 9.59. The van der Waals surface area contributed by atoms with E-state index in [0.717, 1.165) is 41.7 Å². The third-order valence-electron chi connectivity index (χ3n) is 4.63. The second-order valence-electron chi connectivity index (χ2n) is 6.84. The Bertz CT molecular complexity index is 737. The van der Waals surface area contributed by atoms with Gasteiger partial charge in [0.05, 0.1) is 11.3 Å². The number of nitrogens with one attached hydrogen (secondary N) is 2. The molecule has 0 aliphatic heterocycles. The summed E-state index contributed by atoms with van der Waals surface area (Å²) in [6.07, 6.45) is 4.28. The summed E-state index contributed by atoms with van der Waals surface area (Å²) in [6.45, 7) is 1.05. The zero-order valence-electron chi connectivity index (χ0n) is 15.6. The van der Waals surface area contributed by atoms with Crippen molar-refractivity contribution in [2.24, 2.45) is 4.99 Å². The molecule has 0 amide bonds. The molecule has 1 saturated carbocycles. The van der Waals surface area contributed by atoms with E-state index < -0.39 is 11.9 Å². The molecule has 2 aromatic rings. The van der Waals surface area contributed by atoms with Gasteiger partial charge in [0.1, 0.15) is 5.76 Å². The highest BCUT2D eigenvalue weighted by Crippen LogP contribution is 2.30. The van der Waals surface area contributed by atoms with Gasteiger partial charge < -0.3 is 15.1 Å². The molecule has 2 heterocycles. The molecular formula is C19H25F3N4OS. The monoisotopic (exact) mass is 414 g/mol. The molecule has 3 rings (SSSR count). The second kappa shape index (κ2) is 9.95. The molecule has 0 unspecified atom stereocenters. The lowest BCUT2D eigenvalue weighted by Gasteiger charge is -2.25. The van der Waals surface area contributed by atoms with E-state index in [1.165, 1.54) is 19.3 Å². The van der Waals surface area contributed by atoms with Crippen molar-refractivity contribution in [3.8, 4) is 0 Å². The number of furan rings is 1. The Morgan fingerprint density at radius 3 is 2.75 bits per heavy atom. The summed E-state index contributed by atoms with van der Waals surface area (Å²) in [5.41, 5.74) is -0.825. The lowest BCUT2D eigenvalue weighted by molar-refractivity contribution is -0.140. The van der Waals surface area contributed by atoms with Gasteiger partial charge in [0.2, 0.25) is 0 Å². The highest BCUT2D eigenvalue weighted by atomic mass is 32.1. The molecule has 0 aromatic carbocycles. The number of aromatic nitrogens is 1. The number of hydrogen-bond donors (Lipinski definition) is 2. The number of alkyl halides is 3. The van der Waals surface area contributed by atoms with Gasteiger partial charge in [0.25, 0.3) is 0 Å². The van der Waals surface area contributed by atoms with Crippen molar-refractivity contribution in [2.45, 2.75) is 57.2 Å². The van der Waals surface area contributed by atoms with E-state index in [1.807, 2.05) is 12.1 Å². The van der Waals surface area contributed by atoms with Crippen LogP contribution in [0.5, 0.6) is 0 Å². The van der Waals surface area contributed by atoms with Crippen LogP contribution in [0.3, 0.4) is 0 Å². The molecular weight excluding hydrogens is 389 g/mol. The third-order valence-corrected chi connectivity index (χ3v) is 5.54. The van der Waals surface area contributed by atoms with Gasteiger partial charge in [-0.25, -0.2) is 4.98 Å². The predicted octanol–water partition coefficient (Wildman–Crippen LogP) is 4.41. The van der Waals surface area contributed by atoms with Crippen molar-refractivity contribution in [2.75, 3.05) is 13.1 Å². The largest absolute Gasteiger partial charge is 0.469 e. The molecule has 0 atom stereocenters. The predicted molar refractivity (Wildman–Crippen MR) is 104 cm³/mol. The molecule has 1 aliphatic carbocycles. The van der Waals surface area contributed by atoms with E-state index in [9.17, 15) is 13.2 Å². The van der Waals surface area contributed by atoms with Gasteiger partial charge in [0, 0.05) is 37.4 Å². The molecule has 0 saturated heterocycles. The number of thiazole rings is 1. The highest BCUT2D eigenvalue weighted by Gasteiger charge is 2.33. The van der Waals surface area contributed by atoms with Gasteiger partial charge in [-0.05, 0) is 25.0 Å². The quantitative estimate of drug-likeness (QED) is 0.521. The van der Waals surface area contributed by atoms with Crippen LogP contribution in [0, 0.1) is 0 Å². The maximum Gasteiger partial charge on any atom is 0.434 e. The molecule has 2 N–H and O–H groups in total. The van der Waals surface area contributed by atoms with E-state index in [-0.39, 0.29) is 0 Å². The summed E-state index contributed by atoms with van der Waals surface area (Å²) in [4.78, 5) is 8.21. The number of rotatable bonds is 7. The normalized spacial score (nSPS) is 16.3. The van der Waals surface area contributed by atoms with E-state index in [4.69, 9.17) is 4.42 Å². The second-order valence-corrected chi connectivity index (χ2v) is 7.78. The van der Waals surface area contributed by atoms with Crippen LogP contribution >= 0.6 is 11.3 Å². The molecule has 9 heteroatoms. The molecule has 1 aliphatic rings. The van der Waals surface area contributed by atoms with Crippen LogP contribution in [-0.4, -0.2) is 30.1 Å². The fourth-order valence-electron chi connectivity index (χ4n) is 3.17. The number of aliphatic imine (C=N–C) groups is 1. The highest BCUT2D eigenvalue weighted by molar-refractivity contribution is 7.09. The van der Waals surface area contributed by atoms with E-state index in [2.05, 4.69) is 20.6 Å². The Morgan fingerprint density at radius 2 is 2.07 bits per heavy atom. The van der Waals surface area contributed by atoms with Crippen LogP contribution in [-0.2, 0) is 19.0 Å². The van der Waals surface area contributed by atoms with Crippen LogP contribution in [0.4, 0.5) is 13.2 Å². The number of halogens is 3. The Balaban J connectivity index is 1.53. The molecule has 28 heavy (non-hydrogen) atoms. The third kappa shape index (κ3) is 6.54. The van der Waals surface area contributed by atoms with Crippen LogP contribution in [0.1, 0.15) is 48.6 Å². The average molecular weight is 414 g/mol. The van der Waals surface area contributed by atoms with E-state index in [1.54, 1.807) is 6.26 Å². The molecule has 0 spiro atoms. The van der Waals surface area contributed by atoms with Gasteiger partial charge in [-0.15, -0.1) is 11.3 Å². The van der Waals surface area contributed by atoms with Crippen LogP contribution in [0.25, 0.3) is 0 Å². The molecule has 154 valence electrons. The molecule has 1 fully saturated rings. The number of guanidine groups is 1. The van der Waals surface area contributed by atoms with Gasteiger partial charge in [0.15, 0.2) is 11.7 Å². The summed E-state index contributed by atoms with van der Waals surface area (Å²) >= 11 is 1.03. The minimum absolute atomic E-state index is 0.383. The van der Waals surface area contributed by atoms with E-state index in [0.29, 0.717) is 36.5 Å². The van der Waals surface area contributed by atoms with Crippen LogP contribution in [0.2, 0.25) is 0 Å². The summed E-state index contributed by atoms with van der Waals surface area (Å²) in [5.74, 6) is 1.60. The van der Waals surface area contributed by atoms with Gasteiger partial charge >= 0.3 is 6.18 Å². The topological polar surface area (TPSA) is 62.5 Å². The molecule has 2 aromatic heterocycles. The summed E-state index contributed by atoms with van der Waals surface area (Å²) < 4.78 is 43.3. The Hall–Kier alpha value is -2.03. The van der Waals surface area contributed by atoms with E-state index >= 15 is 0 Å². The van der Waals surface area contributed by atoms with Gasteiger partial charge in [-0.1, -0.05) is 19.3 Å². The Morgan fingerprint density at radius 1 is 1.25 bits per heavy atom. The first-order valence-corrected chi connectivity index (χ1v) is 10.5. The van der Waals surface area contributed by atoms with Crippen molar-refractivity contribution in [3.05, 3.63) is 40.2 Å². The van der Waals surface area contributed by atoms with Crippen molar-refractivity contribution >= 4 is 17.3 Å². The molecule has 0 radical (unpaired) electrons. The SMILES string of the molecule is FC(F)(F)c1csc(CCN=C(NCCc2ccco2)NC2CCCCC2)n1. The lowest BCUT2D eigenvalue weighted by Crippen LogP contribution is -2.45. The van der Waals surface area contributed by atoms with Crippen LogP contribution in [0.15, 0.2) is 33.2 Å². The Labute approximate surface area is 166 Å². The number of hydrogen-bond acceptors (Lipinski definition) is 4. The number of nitrogens with zero attached hydrogens (tertiary/aromatic N) is 2. The lowest BCUT2D eigenvalue weighted by atomic mass is 9.96. The zero-order valence-corrected chi connectivity index (χ0v) is 16.4. The van der Waals surface area contributed by atoms with Crippen molar-refractivity contribution in [3.63, 3.8) is 0 Å². The first-order chi connectivity index (χ1) is 13.5. The standard InChI is InChI=1S/C19H25F3N4OS/c20-19(21,22)16-13-28-17(26-16)9-11-24-18(25-14-5-2-1-3-6-14)23-10-8-15-7-4-12-27-15/h4,7,12-14H,1-3,5-6,8-11H2,(H2,23,24,25). The maximum atomic E-state index is 12.7. The van der Waals surface area contributed by atoms with Crippen molar-refractivity contribution < 1.29 is 17.6 Å². The summed E-state index contributed by atoms with van der Waals surface area (Å²) in [5, 5.41) is 8.27. The fourth-order valence-corrected chi connectivity index (χ4v) is 3.97. The molecule has 5 nitrogen and oxygen atoms in total. The van der Waals surface area contributed by atoms with Crippen molar-refractivity contribution in [1.29, 1.82) is 0 Å². The molecule has 0 bridgehead atoms. The van der Waals surface area contributed by atoms with Gasteiger partial charge in [-0.3, -0.25) is 4.99 Å². The smallest absolute Gasteiger partial charge is 0.434 e. The summed E-state index contributed by atoms with van der Waals surface area (Å²) in [6, 6.07) is 4.17. The average Bonchev–Trinajstić information content (AvgIpc) is 3.34. The van der Waals surface area contributed by atoms with Gasteiger partial charge in [-0.2, -0.15) is 13.2 Å². The summed E-state index contributed by atoms with van der Waals surface area (Å²) in [7, 11) is 0. The fraction of sp³-hybridized carbons (Fsp3) is 0.579. The van der Waals surface area contributed by atoms with Crippen molar-refractivity contribution in [1.82, 2.24) is 15.6 Å². The maximum absolute atomic E-state index is 12.7. The first kappa shape index (κ1) is 20.7. The zero-order chi connectivity index (χ0) is 19.8. The Kier molecular flexibility index (Phi) is 7.36. The minimum Gasteiger partial charge on any atom is -0.469 e.